The van der Waals surface area contributed by atoms with Crippen molar-refractivity contribution in [2.24, 2.45) is 5.92 Å². The Balaban J connectivity index is 1.44. The first-order chi connectivity index (χ1) is 13.2. The molecule has 0 aromatic heterocycles. The van der Waals surface area contributed by atoms with Gasteiger partial charge in [0, 0.05) is 24.7 Å². The summed E-state index contributed by atoms with van der Waals surface area (Å²) in [7, 11) is 0. The van der Waals surface area contributed by atoms with Gasteiger partial charge in [-0.2, -0.15) is 0 Å². The molecular weight excluding hydrogens is 340 g/mol. The minimum absolute atomic E-state index is 0.0491. The number of ether oxygens (including phenoxy) is 2. The van der Waals surface area contributed by atoms with Gasteiger partial charge in [-0.15, -0.1) is 0 Å². The van der Waals surface area contributed by atoms with Crippen LogP contribution in [0.25, 0.3) is 0 Å². The molecule has 1 N–H and O–H groups in total. The number of carbonyl (C=O) groups excluding carboxylic acids is 1. The monoisotopic (exact) mass is 368 g/mol. The number of carbonyl (C=O) groups is 1. The number of anilines is 1. The third-order valence-electron chi connectivity index (χ3n) is 4.69. The Morgan fingerprint density at radius 3 is 2.67 bits per heavy atom. The molecule has 5 heteroatoms. The number of nitrogens with zero attached hydrogens (tertiary/aromatic N) is 1. The van der Waals surface area contributed by atoms with Crippen LogP contribution in [0.15, 0.2) is 54.6 Å². The molecule has 1 fully saturated rings. The number of rotatable bonds is 7. The van der Waals surface area contributed by atoms with Crippen LogP contribution in [0.3, 0.4) is 0 Å². The lowest BCUT2D eigenvalue weighted by Crippen LogP contribution is -2.43. The Labute approximate surface area is 161 Å². The molecule has 2 aromatic carbocycles. The average Bonchev–Trinajstić information content (AvgIpc) is 2.71. The maximum Gasteiger partial charge on any atom is 0.321 e. The van der Waals surface area contributed by atoms with Crippen LogP contribution >= 0.6 is 0 Å². The van der Waals surface area contributed by atoms with Gasteiger partial charge in [0.15, 0.2) is 0 Å². The lowest BCUT2D eigenvalue weighted by atomic mass is 9.99. The molecule has 3 rings (SSSR count). The molecule has 0 aliphatic carbocycles. The van der Waals surface area contributed by atoms with Crippen LogP contribution in [-0.2, 0) is 11.3 Å². The molecule has 1 aliphatic heterocycles. The largest absolute Gasteiger partial charge is 0.494 e. The Kier molecular flexibility index (Phi) is 7.11. The first kappa shape index (κ1) is 19.2. The van der Waals surface area contributed by atoms with Crippen LogP contribution in [0, 0.1) is 5.92 Å². The number of benzene rings is 2. The van der Waals surface area contributed by atoms with Crippen molar-refractivity contribution in [2.75, 3.05) is 31.6 Å². The molecule has 2 amide bonds. The Hall–Kier alpha value is -2.53. The zero-order valence-electron chi connectivity index (χ0n) is 15.9. The fourth-order valence-electron chi connectivity index (χ4n) is 3.31. The summed E-state index contributed by atoms with van der Waals surface area (Å²) in [5.74, 6) is 1.19. The maximum absolute atomic E-state index is 12.6. The van der Waals surface area contributed by atoms with E-state index < -0.39 is 0 Å². The molecule has 144 valence electrons. The summed E-state index contributed by atoms with van der Waals surface area (Å²) in [6.07, 6.45) is 2.11. The summed E-state index contributed by atoms with van der Waals surface area (Å²) < 4.78 is 11.3. The van der Waals surface area contributed by atoms with Gasteiger partial charge in [-0.05, 0) is 49.6 Å². The highest BCUT2D eigenvalue weighted by Gasteiger charge is 2.23. The molecule has 0 radical (unpaired) electrons. The summed E-state index contributed by atoms with van der Waals surface area (Å²) >= 11 is 0. The van der Waals surface area contributed by atoms with E-state index in [9.17, 15) is 4.79 Å². The Morgan fingerprint density at radius 2 is 1.93 bits per heavy atom. The third-order valence-corrected chi connectivity index (χ3v) is 4.69. The molecule has 1 atom stereocenters. The van der Waals surface area contributed by atoms with Crippen LogP contribution in [0.2, 0.25) is 0 Å². The smallest absolute Gasteiger partial charge is 0.321 e. The van der Waals surface area contributed by atoms with Gasteiger partial charge in [0.25, 0.3) is 0 Å². The number of amides is 2. The SMILES string of the molecule is CCOc1ccc(NC(=O)N2CCCC(COCc3ccccc3)C2)cc1. The molecule has 1 unspecified atom stereocenters. The predicted octanol–water partition coefficient (Wildman–Crippen LogP) is 4.55. The third kappa shape index (κ3) is 6.00. The van der Waals surface area contributed by atoms with Crippen LogP contribution in [0.4, 0.5) is 10.5 Å². The van der Waals surface area contributed by atoms with E-state index in [1.807, 2.05) is 54.3 Å². The first-order valence-corrected chi connectivity index (χ1v) is 9.65. The van der Waals surface area contributed by atoms with Crippen LogP contribution in [0.1, 0.15) is 25.3 Å². The maximum atomic E-state index is 12.6. The second-order valence-electron chi connectivity index (χ2n) is 6.84. The van der Waals surface area contributed by atoms with Gasteiger partial charge >= 0.3 is 6.03 Å². The fourth-order valence-corrected chi connectivity index (χ4v) is 3.31. The summed E-state index contributed by atoms with van der Waals surface area (Å²) in [5.41, 5.74) is 1.96. The molecule has 2 aromatic rings. The second kappa shape index (κ2) is 9.97. The van der Waals surface area contributed by atoms with E-state index >= 15 is 0 Å². The van der Waals surface area contributed by atoms with Gasteiger partial charge in [-0.1, -0.05) is 30.3 Å². The Morgan fingerprint density at radius 1 is 1.15 bits per heavy atom. The zero-order chi connectivity index (χ0) is 18.9. The summed E-state index contributed by atoms with van der Waals surface area (Å²) in [6, 6.07) is 17.6. The Bertz CT molecular complexity index is 703. The highest BCUT2D eigenvalue weighted by Crippen LogP contribution is 2.20. The molecule has 0 spiro atoms. The van der Waals surface area contributed by atoms with Crippen molar-refractivity contribution in [2.45, 2.75) is 26.4 Å². The van der Waals surface area contributed by atoms with Gasteiger partial charge in [-0.25, -0.2) is 4.79 Å². The summed E-state index contributed by atoms with van der Waals surface area (Å²) in [5, 5.41) is 2.97. The molecule has 1 saturated heterocycles. The van der Waals surface area contributed by atoms with E-state index in [2.05, 4.69) is 17.4 Å². The van der Waals surface area contributed by atoms with Crippen molar-refractivity contribution in [3.8, 4) is 5.75 Å². The quantitative estimate of drug-likeness (QED) is 0.780. The predicted molar refractivity (Wildman–Crippen MR) is 107 cm³/mol. The number of nitrogens with one attached hydrogen (secondary N) is 1. The standard InChI is InChI=1S/C22H28N2O3/c1-2-27-21-12-10-20(11-13-21)23-22(25)24-14-6-9-19(15-24)17-26-16-18-7-4-3-5-8-18/h3-5,7-8,10-13,19H,2,6,9,14-17H2,1H3,(H,23,25). The van der Waals surface area contributed by atoms with Crippen molar-refractivity contribution in [1.82, 2.24) is 4.90 Å². The van der Waals surface area contributed by atoms with Crippen molar-refractivity contribution < 1.29 is 14.3 Å². The van der Waals surface area contributed by atoms with Crippen LogP contribution < -0.4 is 10.1 Å². The number of likely N-dealkylation sites (tertiary alicyclic amines) is 1. The number of piperidine rings is 1. The van der Waals surface area contributed by atoms with Crippen LogP contribution in [0.5, 0.6) is 5.75 Å². The van der Waals surface area contributed by atoms with Crippen LogP contribution in [-0.4, -0.2) is 37.2 Å². The number of hydrogen-bond donors (Lipinski definition) is 1. The summed E-state index contributed by atoms with van der Waals surface area (Å²) in [4.78, 5) is 14.4. The summed E-state index contributed by atoms with van der Waals surface area (Å²) in [6.45, 7) is 5.41. The number of hydrogen-bond acceptors (Lipinski definition) is 3. The minimum atomic E-state index is -0.0491. The average molecular weight is 368 g/mol. The topological polar surface area (TPSA) is 50.8 Å². The van der Waals surface area contributed by atoms with Gasteiger partial charge in [-0.3, -0.25) is 0 Å². The van der Waals surface area contributed by atoms with Crippen molar-refractivity contribution in [3.05, 3.63) is 60.2 Å². The minimum Gasteiger partial charge on any atom is -0.494 e. The molecule has 0 saturated carbocycles. The van der Waals surface area contributed by atoms with Crippen molar-refractivity contribution >= 4 is 11.7 Å². The highest BCUT2D eigenvalue weighted by atomic mass is 16.5. The second-order valence-corrected chi connectivity index (χ2v) is 6.84. The van der Waals surface area contributed by atoms with Gasteiger partial charge in [0.05, 0.1) is 19.8 Å². The van der Waals surface area contributed by atoms with E-state index in [4.69, 9.17) is 9.47 Å². The molecule has 0 bridgehead atoms. The lowest BCUT2D eigenvalue weighted by molar-refractivity contribution is 0.0606. The van der Waals surface area contributed by atoms with Gasteiger partial charge in [0.2, 0.25) is 0 Å². The highest BCUT2D eigenvalue weighted by molar-refractivity contribution is 5.89. The lowest BCUT2D eigenvalue weighted by Gasteiger charge is -2.32. The fraction of sp³-hybridized carbons (Fsp3) is 0.409. The van der Waals surface area contributed by atoms with E-state index in [-0.39, 0.29) is 6.03 Å². The van der Waals surface area contributed by atoms with Gasteiger partial charge < -0.3 is 19.7 Å². The van der Waals surface area contributed by atoms with E-state index in [0.29, 0.717) is 25.7 Å². The van der Waals surface area contributed by atoms with Crippen molar-refractivity contribution in [3.63, 3.8) is 0 Å². The first-order valence-electron chi connectivity index (χ1n) is 9.65. The number of urea groups is 1. The van der Waals surface area contributed by atoms with E-state index in [0.717, 1.165) is 37.4 Å². The normalized spacial score (nSPS) is 16.8. The van der Waals surface area contributed by atoms with Crippen molar-refractivity contribution in [1.29, 1.82) is 0 Å². The molecule has 5 nitrogen and oxygen atoms in total. The van der Waals surface area contributed by atoms with E-state index in [1.165, 1.54) is 5.56 Å². The molecular formula is C22H28N2O3. The molecule has 27 heavy (non-hydrogen) atoms. The van der Waals surface area contributed by atoms with E-state index in [1.54, 1.807) is 0 Å². The van der Waals surface area contributed by atoms with Gasteiger partial charge in [0.1, 0.15) is 5.75 Å². The molecule has 1 aliphatic rings. The zero-order valence-corrected chi connectivity index (χ0v) is 15.9. The molecule has 1 heterocycles.